The fourth-order valence-electron chi connectivity index (χ4n) is 0.703. The van der Waals surface area contributed by atoms with E-state index in [0.29, 0.717) is 0 Å². The number of alkyl halides is 3. The normalized spacial score (nSPS) is 13.5. The van der Waals surface area contributed by atoms with Crippen LogP contribution in [0.25, 0.3) is 0 Å². The predicted octanol–water partition coefficient (Wildman–Crippen LogP) is 1.32. The highest BCUT2D eigenvalue weighted by Crippen LogP contribution is 2.29. The highest BCUT2D eigenvalue weighted by atomic mass is 19.4. The minimum atomic E-state index is -4.72. The van der Waals surface area contributed by atoms with Crippen LogP contribution in [0, 0.1) is 5.92 Å². The SMILES string of the molecule is CCOC(=O)C(CC=O)C(F)(F)F. The van der Waals surface area contributed by atoms with Crippen molar-refractivity contribution >= 4 is 12.3 Å². The van der Waals surface area contributed by atoms with E-state index < -0.39 is 24.5 Å². The van der Waals surface area contributed by atoms with Crippen LogP contribution < -0.4 is 0 Å². The molecule has 0 rings (SSSR count). The Morgan fingerprint density at radius 1 is 1.54 bits per heavy atom. The van der Waals surface area contributed by atoms with Crippen molar-refractivity contribution in [3.63, 3.8) is 0 Å². The molecule has 0 amide bonds. The number of carbonyl (C=O) groups is 2. The van der Waals surface area contributed by atoms with E-state index in [2.05, 4.69) is 4.74 Å². The van der Waals surface area contributed by atoms with Gasteiger partial charge in [0.15, 0.2) is 5.92 Å². The zero-order valence-electron chi connectivity index (χ0n) is 6.93. The van der Waals surface area contributed by atoms with Gasteiger partial charge in [0.25, 0.3) is 0 Å². The third kappa shape index (κ3) is 3.91. The molecule has 0 saturated carbocycles. The fraction of sp³-hybridized carbons (Fsp3) is 0.714. The highest BCUT2D eigenvalue weighted by molar-refractivity contribution is 5.76. The smallest absolute Gasteiger partial charge is 0.402 e. The Bertz CT molecular complexity index is 188. The number of halogens is 3. The number of rotatable bonds is 4. The summed E-state index contributed by atoms with van der Waals surface area (Å²) in [5.41, 5.74) is 0. The zero-order valence-corrected chi connectivity index (χ0v) is 6.93. The molecule has 0 aromatic heterocycles. The van der Waals surface area contributed by atoms with Gasteiger partial charge in [0, 0.05) is 6.42 Å². The monoisotopic (exact) mass is 198 g/mol. The van der Waals surface area contributed by atoms with E-state index in [4.69, 9.17) is 0 Å². The number of aldehydes is 1. The summed E-state index contributed by atoms with van der Waals surface area (Å²) >= 11 is 0. The Labute approximate surface area is 72.9 Å². The predicted molar refractivity (Wildman–Crippen MR) is 36.9 cm³/mol. The molecule has 0 aromatic rings. The van der Waals surface area contributed by atoms with Gasteiger partial charge in [-0.2, -0.15) is 13.2 Å². The first-order valence-electron chi connectivity index (χ1n) is 3.60. The van der Waals surface area contributed by atoms with Gasteiger partial charge in [-0.05, 0) is 6.92 Å². The van der Waals surface area contributed by atoms with Crippen LogP contribution in [0.5, 0.6) is 0 Å². The van der Waals surface area contributed by atoms with E-state index in [9.17, 15) is 22.8 Å². The zero-order chi connectivity index (χ0) is 10.5. The van der Waals surface area contributed by atoms with Crippen molar-refractivity contribution in [2.75, 3.05) is 6.61 Å². The van der Waals surface area contributed by atoms with E-state index in [1.807, 2.05) is 0 Å². The average molecular weight is 198 g/mol. The molecule has 76 valence electrons. The van der Waals surface area contributed by atoms with Gasteiger partial charge in [-0.3, -0.25) is 4.79 Å². The highest BCUT2D eigenvalue weighted by Gasteiger charge is 2.45. The van der Waals surface area contributed by atoms with Crippen LogP contribution >= 0.6 is 0 Å². The Kier molecular flexibility index (Phi) is 4.44. The molecule has 0 heterocycles. The first kappa shape index (κ1) is 11.9. The maximum Gasteiger partial charge on any atom is 0.402 e. The van der Waals surface area contributed by atoms with Crippen molar-refractivity contribution in [2.24, 2.45) is 5.92 Å². The van der Waals surface area contributed by atoms with Gasteiger partial charge in [0.1, 0.15) is 6.29 Å². The Hall–Kier alpha value is -1.07. The van der Waals surface area contributed by atoms with Gasteiger partial charge in [-0.1, -0.05) is 0 Å². The van der Waals surface area contributed by atoms with Gasteiger partial charge in [-0.25, -0.2) is 0 Å². The molecule has 3 nitrogen and oxygen atoms in total. The van der Waals surface area contributed by atoms with Crippen molar-refractivity contribution in [2.45, 2.75) is 19.5 Å². The second-order valence-corrected chi connectivity index (χ2v) is 2.25. The summed E-state index contributed by atoms with van der Waals surface area (Å²) in [5, 5.41) is 0. The van der Waals surface area contributed by atoms with E-state index >= 15 is 0 Å². The molecule has 13 heavy (non-hydrogen) atoms. The lowest BCUT2D eigenvalue weighted by Crippen LogP contribution is -2.32. The summed E-state index contributed by atoms with van der Waals surface area (Å²) in [5.74, 6) is -3.73. The number of hydrogen-bond donors (Lipinski definition) is 0. The van der Waals surface area contributed by atoms with Crippen molar-refractivity contribution in [3.05, 3.63) is 0 Å². The Morgan fingerprint density at radius 3 is 2.38 bits per heavy atom. The van der Waals surface area contributed by atoms with Crippen LogP contribution in [0.15, 0.2) is 0 Å². The van der Waals surface area contributed by atoms with Crippen molar-refractivity contribution in [1.29, 1.82) is 0 Å². The van der Waals surface area contributed by atoms with Crippen molar-refractivity contribution < 1.29 is 27.5 Å². The van der Waals surface area contributed by atoms with Crippen LogP contribution in [-0.2, 0) is 14.3 Å². The number of hydrogen-bond acceptors (Lipinski definition) is 3. The number of carbonyl (C=O) groups excluding carboxylic acids is 2. The minimum absolute atomic E-state index is 0.0507. The molecule has 0 aromatic carbocycles. The summed E-state index contributed by atoms with van der Waals surface area (Å²) in [6, 6.07) is 0. The van der Waals surface area contributed by atoms with Crippen LogP contribution in [0.2, 0.25) is 0 Å². The van der Waals surface area contributed by atoms with E-state index in [-0.39, 0.29) is 12.9 Å². The summed E-state index contributed by atoms with van der Waals surface area (Å²) in [7, 11) is 0. The number of ether oxygens (including phenoxy) is 1. The second kappa shape index (κ2) is 4.84. The summed E-state index contributed by atoms with van der Waals surface area (Å²) < 4.78 is 40.2. The van der Waals surface area contributed by atoms with E-state index in [0.717, 1.165) is 0 Å². The number of esters is 1. The van der Waals surface area contributed by atoms with Gasteiger partial charge in [0.2, 0.25) is 0 Å². The van der Waals surface area contributed by atoms with Gasteiger partial charge < -0.3 is 9.53 Å². The first-order chi connectivity index (χ1) is 5.93. The van der Waals surface area contributed by atoms with E-state index in [1.54, 1.807) is 0 Å². The third-order valence-electron chi connectivity index (χ3n) is 1.30. The quantitative estimate of drug-likeness (QED) is 0.505. The molecule has 0 N–H and O–H groups in total. The summed E-state index contributed by atoms with van der Waals surface area (Å²) in [6.07, 6.45) is -5.55. The lowest BCUT2D eigenvalue weighted by atomic mass is 10.1. The maximum atomic E-state index is 12.0. The fourth-order valence-corrected chi connectivity index (χ4v) is 0.703. The molecule has 6 heteroatoms. The van der Waals surface area contributed by atoms with Gasteiger partial charge in [0.05, 0.1) is 6.61 Å². The van der Waals surface area contributed by atoms with Crippen molar-refractivity contribution in [3.8, 4) is 0 Å². The maximum absolute atomic E-state index is 12.0. The molecule has 0 spiro atoms. The molecule has 0 aliphatic carbocycles. The van der Waals surface area contributed by atoms with E-state index in [1.165, 1.54) is 6.92 Å². The Balaban J connectivity index is 4.41. The van der Waals surface area contributed by atoms with Crippen LogP contribution in [-0.4, -0.2) is 25.0 Å². The minimum Gasteiger partial charge on any atom is -0.466 e. The summed E-state index contributed by atoms with van der Waals surface area (Å²) in [6.45, 7) is 1.26. The molecule has 0 bridgehead atoms. The first-order valence-corrected chi connectivity index (χ1v) is 3.60. The molecule has 0 saturated heterocycles. The Morgan fingerprint density at radius 2 is 2.08 bits per heavy atom. The average Bonchev–Trinajstić information content (AvgIpc) is 1.98. The molecule has 0 aliphatic rings. The lowest BCUT2D eigenvalue weighted by Gasteiger charge is -2.15. The molecular formula is C7H9F3O3. The third-order valence-corrected chi connectivity index (χ3v) is 1.30. The van der Waals surface area contributed by atoms with Gasteiger partial charge >= 0.3 is 12.1 Å². The molecule has 1 unspecified atom stereocenters. The van der Waals surface area contributed by atoms with Crippen LogP contribution in [0.1, 0.15) is 13.3 Å². The van der Waals surface area contributed by atoms with Gasteiger partial charge in [-0.15, -0.1) is 0 Å². The topological polar surface area (TPSA) is 43.4 Å². The van der Waals surface area contributed by atoms with Crippen LogP contribution in [0.4, 0.5) is 13.2 Å². The van der Waals surface area contributed by atoms with Crippen LogP contribution in [0.3, 0.4) is 0 Å². The molecule has 0 fully saturated rings. The lowest BCUT2D eigenvalue weighted by molar-refractivity contribution is -0.198. The molecule has 0 aliphatic heterocycles. The summed E-state index contributed by atoms with van der Waals surface area (Å²) in [4.78, 5) is 20.5. The molecule has 0 radical (unpaired) electrons. The molecule has 1 atom stereocenters. The second-order valence-electron chi connectivity index (χ2n) is 2.25. The van der Waals surface area contributed by atoms with Crippen molar-refractivity contribution in [1.82, 2.24) is 0 Å². The standard InChI is InChI=1S/C7H9F3O3/c1-2-13-6(12)5(3-4-11)7(8,9)10/h4-5H,2-3H2,1H3. The molecular weight excluding hydrogens is 189 g/mol. The largest absolute Gasteiger partial charge is 0.466 e.